The predicted octanol–water partition coefficient (Wildman–Crippen LogP) is 4.54. The molecule has 0 bridgehead atoms. The second-order valence-electron chi connectivity index (χ2n) is 2.86. The van der Waals surface area contributed by atoms with Crippen molar-refractivity contribution in [1.82, 2.24) is 4.98 Å². The van der Waals surface area contributed by atoms with Crippen molar-refractivity contribution < 1.29 is 0 Å². The zero-order valence-electron chi connectivity index (χ0n) is 7.65. The van der Waals surface area contributed by atoms with Crippen LogP contribution >= 0.6 is 35.0 Å². The molecular formula is C11H7Cl2NS. The second kappa shape index (κ2) is 4.88. The van der Waals surface area contributed by atoms with E-state index in [1.807, 2.05) is 36.4 Å². The molecule has 4 heteroatoms. The minimum atomic E-state index is 0.502. The number of hydrogen-bond donors (Lipinski definition) is 0. The Kier molecular flexibility index (Phi) is 3.52. The lowest BCUT2D eigenvalue weighted by Gasteiger charge is -2.01. The van der Waals surface area contributed by atoms with E-state index in [4.69, 9.17) is 23.2 Å². The van der Waals surface area contributed by atoms with Gasteiger partial charge in [-0.1, -0.05) is 47.1 Å². The third kappa shape index (κ3) is 3.13. The lowest BCUT2D eigenvalue weighted by molar-refractivity contribution is 1.13. The standard InChI is InChI=1S/C11H7Cl2NS/c12-8-3-1-4-9(7-8)15-11-6-2-5-10(13)14-11/h1-7H. The van der Waals surface area contributed by atoms with Crippen molar-refractivity contribution in [2.24, 2.45) is 0 Å². The van der Waals surface area contributed by atoms with Crippen LogP contribution in [0.3, 0.4) is 0 Å². The molecule has 15 heavy (non-hydrogen) atoms. The smallest absolute Gasteiger partial charge is 0.130 e. The number of halogens is 2. The number of pyridine rings is 1. The molecule has 0 aliphatic carbocycles. The van der Waals surface area contributed by atoms with E-state index < -0.39 is 0 Å². The topological polar surface area (TPSA) is 12.9 Å². The summed E-state index contributed by atoms with van der Waals surface area (Å²) in [4.78, 5) is 5.24. The van der Waals surface area contributed by atoms with E-state index in [0.29, 0.717) is 5.15 Å². The molecule has 0 amide bonds. The molecule has 0 radical (unpaired) electrons. The Morgan fingerprint density at radius 3 is 2.53 bits per heavy atom. The Balaban J connectivity index is 2.22. The lowest BCUT2D eigenvalue weighted by atomic mass is 10.4. The van der Waals surface area contributed by atoms with Crippen molar-refractivity contribution >= 4 is 35.0 Å². The van der Waals surface area contributed by atoms with Crippen LogP contribution in [-0.2, 0) is 0 Å². The van der Waals surface area contributed by atoms with Crippen LogP contribution in [0, 0.1) is 0 Å². The largest absolute Gasteiger partial charge is 0.229 e. The fourth-order valence-electron chi connectivity index (χ4n) is 1.10. The number of aromatic nitrogens is 1. The highest BCUT2D eigenvalue weighted by molar-refractivity contribution is 7.99. The van der Waals surface area contributed by atoms with Crippen molar-refractivity contribution in [3.63, 3.8) is 0 Å². The summed E-state index contributed by atoms with van der Waals surface area (Å²) in [6.07, 6.45) is 0. The van der Waals surface area contributed by atoms with Crippen LogP contribution in [0.1, 0.15) is 0 Å². The summed E-state index contributed by atoms with van der Waals surface area (Å²) in [6, 6.07) is 13.2. The highest BCUT2D eigenvalue weighted by Gasteiger charge is 1.99. The Labute approximate surface area is 102 Å². The maximum Gasteiger partial charge on any atom is 0.130 e. The van der Waals surface area contributed by atoms with Gasteiger partial charge in [0.15, 0.2) is 0 Å². The molecule has 0 saturated heterocycles. The molecule has 0 saturated carbocycles. The van der Waals surface area contributed by atoms with Gasteiger partial charge in [-0.15, -0.1) is 0 Å². The predicted molar refractivity (Wildman–Crippen MR) is 64.8 cm³/mol. The van der Waals surface area contributed by atoms with Gasteiger partial charge >= 0.3 is 0 Å². The minimum Gasteiger partial charge on any atom is -0.229 e. The van der Waals surface area contributed by atoms with Crippen LogP contribution in [0.2, 0.25) is 10.2 Å². The third-order valence-electron chi connectivity index (χ3n) is 1.71. The molecule has 1 heterocycles. The van der Waals surface area contributed by atoms with Gasteiger partial charge in [0.25, 0.3) is 0 Å². The van der Waals surface area contributed by atoms with Crippen LogP contribution in [0.25, 0.3) is 0 Å². The fourth-order valence-corrected chi connectivity index (χ4v) is 2.43. The van der Waals surface area contributed by atoms with Gasteiger partial charge in [-0.3, -0.25) is 0 Å². The third-order valence-corrected chi connectivity index (χ3v) is 3.08. The lowest BCUT2D eigenvalue weighted by Crippen LogP contribution is -1.79. The molecule has 0 aliphatic rings. The first-order valence-electron chi connectivity index (χ1n) is 4.30. The Morgan fingerprint density at radius 1 is 1.00 bits per heavy atom. The second-order valence-corrected chi connectivity index (χ2v) is 4.78. The fraction of sp³-hybridized carbons (Fsp3) is 0. The van der Waals surface area contributed by atoms with Gasteiger partial charge in [-0.2, -0.15) is 0 Å². The number of benzene rings is 1. The van der Waals surface area contributed by atoms with Crippen molar-refractivity contribution in [3.05, 3.63) is 52.6 Å². The molecule has 1 nitrogen and oxygen atoms in total. The highest BCUT2D eigenvalue weighted by atomic mass is 35.5. The molecule has 0 atom stereocenters. The molecule has 2 rings (SSSR count). The molecule has 0 unspecified atom stereocenters. The summed E-state index contributed by atoms with van der Waals surface area (Å²) in [5.41, 5.74) is 0. The van der Waals surface area contributed by atoms with Gasteiger partial charge in [0.2, 0.25) is 0 Å². The summed E-state index contributed by atoms with van der Waals surface area (Å²) in [7, 11) is 0. The summed E-state index contributed by atoms with van der Waals surface area (Å²) in [5.74, 6) is 0. The van der Waals surface area contributed by atoms with E-state index in [-0.39, 0.29) is 0 Å². The quantitative estimate of drug-likeness (QED) is 0.731. The zero-order chi connectivity index (χ0) is 10.7. The molecule has 2 aromatic rings. The van der Waals surface area contributed by atoms with Gasteiger partial charge < -0.3 is 0 Å². The van der Waals surface area contributed by atoms with E-state index in [0.717, 1.165) is 14.9 Å². The maximum atomic E-state index is 5.88. The van der Waals surface area contributed by atoms with Crippen LogP contribution in [0.5, 0.6) is 0 Å². The minimum absolute atomic E-state index is 0.502. The summed E-state index contributed by atoms with van der Waals surface area (Å²) < 4.78 is 0. The Bertz CT molecular complexity index is 430. The van der Waals surface area contributed by atoms with Crippen LogP contribution in [-0.4, -0.2) is 4.98 Å². The summed E-state index contributed by atoms with van der Waals surface area (Å²) in [6.45, 7) is 0. The Hall–Kier alpha value is -0.700. The molecule has 0 spiro atoms. The number of rotatable bonds is 2. The summed E-state index contributed by atoms with van der Waals surface area (Å²) >= 11 is 13.2. The van der Waals surface area contributed by atoms with E-state index in [1.165, 1.54) is 11.8 Å². The van der Waals surface area contributed by atoms with E-state index in [2.05, 4.69) is 4.98 Å². The molecule has 76 valence electrons. The summed E-state index contributed by atoms with van der Waals surface area (Å²) in [5, 5.41) is 2.09. The van der Waals surface area contributed by atoms with Crippen molar-refractivity contribution in [2.75, 3.05) is 0 Å². The van der Waals surface area contributed by atoms with Crippen LogP contribution in [0.4, 0.5) is 0 Å². The maximum absolute atomic E-state index is 5.88. The average molecular weight is 256 g/mol. The molecule has 0 aliphatic heterocycles. The van der Waals surface area contributed by atoms with Gasteiger partial charge in [-0.05, 0) is 30.3 Å². The first-order chi connectivity index (χ1) is 7.24. The van der Waals surface area contributed by atoms with E-state index in [1.54, 1.807) is 6.07 Å². The number of nitrogens with zero attached hydrogens (tertiary/aromatic N) is 1. The monoisotopic (exact) mass is 255 g/mol. The zero-order valence-corrected chi connectivity index (χ0v) is 9.98. The molecule has 1 aromatic heterocycles. The van der Waals surface area contributed by atoms with Gasteiger partial charge in [0.05, 0.1) is 0 Å². The van der Waals surface area contributed by atoms with Gasteiger partial charge in [-0.25, -0.2) is 4.98 Å². The van der Waals surface area contributed by atoms with E-state index in [9.17, 15) is 0 Å². The molecular weight excluding hydrogens is 249 g/mol. The molecule has 0 N–H and O–H groups in total. The highest BCUT2D eigenvalue weighted by Crippen LogP contribution is 2.28. The van der Waals surface area contributed by atoms with Crippen LogP contribution in [0.15, 0.2) is 52.4 Å². The number of hydrogen-bond acceptors (Lipinski definition) is 2. The van der Waals surface area contributed by atoms with Gasteiger partial charge in [0.1, 0.15) is 10.2 Å². The average Bonchev–Trinajstić information content (AvgIpc) is 2.17. The normalized spacial score (nSPS) is 10.3. The van der Waals surface area contributed by atoms with Crippen molar-refractivity contribution in [1.29, 1.82) is 0 Å². The molecule has 0 fully saturated rings. The Morgan fingerprint density at radius 2 is 1.80 bits per heavy atom. The first kappa shape index (κ1) is 10.8. The van der Waals surface area contributed by atoms with E-state index >= 15 is 0 Å². The first-order valence-corrected chi connectivity index (χ1v) is 5.87. The SMILES string of the molecule is Clc1cccc(Sc2cccc(Cl)n2)c1. The van der Waals surface area contributed by atoms with Gasteiger partial charge in [0, 0.05) is 9.92 Å². The molecule has 1 aromatic carbocycles. The van der Waals surface area contributed by atoms with Crippen molar-refractivity contribution in [2.45, 2.75) is 9.92 Å². The van der Waals surface area contributed by atoms with Crippen molar-refractivity contribution in [3.8, 4) is 0 Å². The van der Waals surface area contributed by atoms with Crippen LogP contribution < -0.4 is 0 Å².